The van der Waals surface area contributed by atoms with Crippen LogP contribution in [0.2, 0.25) is 0 Å². The molecule has 1 atom stereocenters. The number of aryl methyl sites for hydroxylation is 1. The van der Waals surface area contributed by atoms with Crippen molar-refractivity contribution in [3.63, 3.8) is 0 Å². The molecule has 0 saturated carbocycles. The fourth-order valence-electron chi connectivity index (χ4n) is 3.51. The number of hydrogen-bond donors (Lipinski definition) is 1. The quantitative estimate of drug-likeness (QED) is 0.434. The van der Waals surface area contributed by atoms with Crippen molar-refractivity contribution in [2.24, 2.45) is 16.6 Å². The lowest BCUT2D eigenvalue weighted by Crippen LogP contribution is -2.27. The van der Waals surface area contributed by atoms with Gasteiger partial charge in [-0.1, -0.05) is 52.9 Å². The van der Waals surface area contributed by atoms with E-state index in [2.05, 4.69) is 40.6 Å². The Balaban J connectivity index is 2.04. The van der Waals surface area contributed by atoms with Crippen LogP contribution in [0.25, 0.3) is 17.5 Å². The number of halogens is 1. The first kappa shape index (κ1) is 24.2. The van der Waals surface area contributed by atoms with Crippen LogP contribution in [0.1, 0.15) is 30.0 Å². The van der Waals surface area contributed by atoms with Gasteiger partial charge in [0.1, 0.15) is 5.82 Å². The van der Waals surface area contributed by atoms with Crippen molar-refractivity contribution in [1.82, 2.24) is 14.1 Å². The summed E-state index contributed by atoms with van der Waals surface area (Å²) in [5.41, 5.74) is 10.1. The highest BCUT2D eigenvalue weighted by Crippen LogP contribution is 2.32. The number of aliphatic imine (C=N–C) groups is 1. The summed E-state index contributed by atoms with van der Waals surface area (Å²) in [6.07, 6.45) is 9.29. The van der Waals surface area contributed by atoms with Crippen LogP contribution in [0.15, 0.2) is 52.6 Å². The first-order valence-electron chi connectivity index (χ1n) is 10.2. The second-order valence-electron chi connectivity index (χ2n) is 7.82. The van der Waals surface area contributed by atoms with E-state index in [-0.39, 0.29) is 5.92 Å². The zero-order valence-corrected chi connectivity index (χ0v) is 20.9. The van der Waals surface area contributed by atoms with Crippen LogP contribution in [-0.2, 0) is 10.0 Å². The Hall–Kier alpha value is -2.49. The van der Waals surface area contributed by atoms with E-state index in [4.69, 9.17) is 10.7 Å². The predicted octanol–water partition coefficient (Wildman–Crippen LogP) is 4.40. The Morgan fingerprint density at radius 1 is 1.38 bits per heavy atom. The average molecular weight is 518 g/mol. The molecule has 32 heavy (non-hydrogen) atoms. The first-order valence-corrected chi connectivity index (χ1v) is 12.9. The van der Waals surface area contributed by atoms with Crippen LogP contribution >= 0.6 is 15.9 Å². The molecule has 0 radical (unpaired) electrons. The number of benzene rings is 1. The second kappa shape index (κ2) is 9.97. The zero-order chi connectivity index (χ0) is 23.5. The van der Waals surface area contributed by atoms with Gasteiger partial charge < -0.3 is 5.73 Å². The summed E-state index contributed by atoms with van der Waals surface area (Å²) >= 11 is 3.42. The highest BCUT2D eigenvalue weighted by atomic mass is 79.9. The number of sulfonamides is 1. The summed E-state index contributed by atoms with van der Waals surface area (Å²) in [7, 11) is -3.21. The van der Waals surface area contributed by atoms with Crippen molar-refractivity contribution >= 4 is 55.5 Å². The highest BCUT2D eigenvalue weighted by molar-refractivity contribution is 9.11. The van der Waals surface area contributed by atoms with E-state index in [0.29, 0.717) is 24.7 Å². The third kappa shape index (κ3) is 5.46. The minimum Gasteiger partial charge on any atom is -0.383 e. The van der Waals surface area contributed by atoms with Gasteiger partial charge in [0.05, 0.1) is 12.5 Å². The molecule has 170 valence electrons. The fraction of sp³-hybridized carbons (Fsp3) is 0.304. The van der Waals surface area contributed by atoms with Gasteiger partial charge in [-0.3, -0.25) is 0 Å². The van der Waals surface area contributed by atoms with E-state index in [9.17, 15) is 8.42 Å². The molecule has 1 fully saturated rings. The maximum absolute atomic E-state index is 11.8. The predicted molar refractivity (Wildman–Crippen MR) is 136 cm³/mol. The first-order chi connectivity index (χ1) is 15.1. The molecular weight excluding hydrogens is 490 g/mol. The molecule has 2 N–H and O–H groups in total. The van der Waals surface area contributed by atoms with E-state index in [1.54, 1.807) is 23.2 Å². The molecule has 1 aliphatic heterocycles. The molecule has 1 aliphatic rings. The van der Waals surface area contributed by atoms with Gasteiger partial charge in [-0.15, -0.1) is 0 Å². The lowest BCUT2D eigenvalue weighted by atomic mass is 10.0. The summed E-state index contributed by atoms with van der Waals surface area (Å²) in [5, 5.41) is 4.46. The van der Waals surface area contributed by atoms with E-state index in [1.165, 1.54) is 10.6 Å². The van der Waals surface area contributed by atoms with Crippen molar-refractivity contribution < 1.29 is 8.42 Å². The van der Waals surface area contributed by atoms with Crippen LogP contribution in [0.5, 0.6) is 0 Å². The topological polar surface area (TPSA) is 93.6 Å². The Morgan fingerprint density at radius 2 is 2.09 bits per heavy atom. The van der Waals surface area contributed by atoms with Gasteiger partial charge in [-0.2, -0.15) is 9.78 Å². The lowest BCUT2D eigenvalue weighted by molar-refractivity contribution is 0.478. The monoisotopic (exact) mass is 517 g/mol. The third-order valence-corrected chi connectivity index (χ3v) is 7.10. The molecule has 0 bridgehead atoms. The summed E-state index contributed by atoms with van der Waals surface area (Å²) in [4.78, 5) is 4.73. The number of aromatic nitrogens is 2. The van der Waals surface area contributed by atoms with Crippen molar-refractivity contribution in [3.8, 4) is 0 Å². The molecule has 1 aromatic carbocycles. The van der Waals surface area contributed by atoms with Gasteiger partial charge in [0.15, 0.2) is 5.82 Å². The molecule has 1 saturated heterocycles. The molecule has 1 unspecified atom stereocenters. The third-order valence-electron chi connectivity index (χ3n) is 5.42. The van der Waals surface area contributed by atoms with Gasteiger partial charge in [-0.05, 0) is 43.0 Å². The van der Waals surface area contributed by atoms with E-state index in [1.807, 2.05) is 31.2 Å². The molecular formula is C23H28BrN5O2S. The highest BCUT2D eigenvalue weighted by Gasteiger charge is 2.27. The van der Waals surface area contributed by atoms with Crippen LogP contribution in [0.4, 0.5) is 5.82 Å². The maximum atomic E-state index is 11.8. The lowest BCUT2D eigenvalue weighted by Gasteiger charge is -2.11. The molecule has 3 rings (SSSR count). The zero-order valence-electron chi connectivity index (χ0n) is 18.5. The number of nitrogens with two attached hydrogens (primary N) is 1. The van der Waals surface area contributed by atoms with Gasteiger partial charge in [0.2, 0.25) is 10.0 Å². The van der Waals surface area contributed by atoms with E-state index >= 15 is 0 Å². The number of allylic oxidation sites excluding steroid dienone is 3. The van der Waals surface area contributed by atoms with Crippen LogP contribution in [-0.4, -0.2) is 48.1 Å². The molecule has 0 spiro atoms. The minimum atomic E-state index is -3.21. The number of rotatable bonds is 7. The molecule has 0 aliphatic carbocycles. The Morgan fingerprint density at radius 3 is 2.69 bits per heavy atom. The van der Waals surface area contributed by atoms with Crippen LogP contribution in [0, 0.1) is 12.8 Å². The smallest absolute Gasteiger partial charge is 0.211 e. The second-order valence-corrected chi connectivity index (χ2v) is 11.0. The van der Waals surface area contributed by atoms with Crippen molar-refractivity contribution in [3.05, 3.63) is 64.3 Å². The molecule has 2 aromatic rings. The number of nitrogens with zero attached hydrogens (tertiary/aromatic N) is 4. The largest absolute Gasteiger partial charge is 0.383 e. The standard InChI is InChI=1S/C23H28BrN5O2S/c1-5-19(12-20-9-7-6-8-16(20)2)21-14-27-29(22(25)17(3)24)23(21)26-13-18-10-11-28(15-18)32(4,30)31/h5-9,12-14,18H,1,10-11,15,25H2,2-4H3/b19-12+,22-17+,26-13+. The van der Waals surface area contributed by atoms with Gasteiger partial charge in [0.25, 0.3) is 0 Å². The normalized spacial score (nSPS) is 18.9. The van der Waals surface area contributed by atoms with E-state index in [0.717, 1.165) is 33.2 Å². The molecule has 9 heteroatoms. The Kier molecular flexibility index (Phi) is 7.53. The molecule has 1 aromatic heterocycles. The molecule has 0 amide bonds. The average Bonchev–Trinajstić information content (AvgIpc) is 3.38. The SMILES string of the molecule is C=C/C(=C\c1ccccc1C)c1cnn(/C(N)=C(\C)Br)c1/N=C/C1CCN(S(C)(=O)=O)C1. The summed E-state index contributed by atoms with van der Waals surface area (Å²) in [5.74, 6) is 1.01. The van der Waals surface area contributed by atoms with Crippen molar-refractivity contribution in [2.45, 2.75) is 20.3 Å². The van der Waals surface area contributed by atoms with Gasteiger partial charge >= 0.3 is 0 Å². The van der Waals surface area contributed by atoms with Gasteiger partial charge in [0, 0.05) is 35.3 Å². The van der Waals surface area contributed by atoms with Crippen molar-refractivity contribution in [1.29, 1.82) is 0 Å². The maximum Gasteiger partial charge on any atom is 0.211 e. The fourth-order valence-corrected chi connectivity index (χ4v) is 4.58. The van der Waals surface area contributed by atoms with E-state index < -0.39 is 10.0 Å². The Labute approximate surface area is 198 Å². The van der Waals surface area contributed by atoms with Crippen LogP contribution in [0.3, 0.4) is 0 Å². The summed E-state index contributed by atoms with van der Waals surface area (Å²) in [6, 6.07) is 8.09. The molecule has 2 heterocycles. The van der Waals surface area contributed by atoms with Crippen LogP contribution < -0.4 is 5.73 Å². The summed E-state index contributed by atoms with van der Waals surface area (Å²) < 4.78 is 27.5. The van der Waals surface area contributed by atoms with Crippen molar-refractivity contribution in [2.75, 3.05) is 19.3 Å². The Bertz CT molecular complexity index is 1210. The number of hydrogen-bond acceptors (Lipinski definition) is 5. The molecule has 7 nitrogen and oxygen atoms in total. The minimum absolute atomic E-state index is 0.0173. The van der Waals surface area contributed by atoms with Gasteiger partial charge in [-0.25, -0.2) is 17.7 Å². The summed E-state index contributed by atoms with van der Waals surface area (Å²) in [6.45, 7) is 8.79.